The van der Waals surface area contributed by atoms with Gasteiger partial charge in [-0.1, -0.05) is 0 Å². The van der Waals surface area contributed by atoms with Crippen molar-refractivity contribution in [3.05, 3.63) is 6.10 Å². The third kappa shape index (κ3) is 0.873. The molecule has 0 N–H and O–H groups in total. The van der Waals surface area contributed by atoms with Gasteiger partial charge in [-0.2, -0.15) is 0 Å². The molecule has 1 radical (unpaired) electrons. The molecule has 0 aromatic carbocycles. The molecule has 0 unspecified atom stereocenters. The fourth-order valence-corrected chi connectivity index (χ4v) is 0.893. The minimum absolute atomic E-state index is 0.632. The molecular formula is C7H11O. The summed E-state index contributed by atoms with van der Waals surface area (Å²) in [5.41, 5.74) is 0. The lowest BCUT2D eigenvalue weighted by molar-refractivity contribution is 0.0354. The molecule has 8 heavy (non-hydrogen) atoms. The topological polar surface area (TPSA) is 9.23 Å². The summed E-state index contributed by atoms with van der Waals surface area (Å²) < 4.78 is 5.51. The first-order valence-corrected chi connectivity index (χ1v) is 3.46. The maximum absolute atomic E-state index is 5.51. The van der Waals surface area contributed by atoms with Crippen molar-refractivity contribution in [2.24, 2.45) is 0 Å². The van der Waals surface area contributed by atoms with Crippen LogP contribution in [0.25, 0.3) is 0 Å². The van der Waals surface area contributed by atoms with E-state index in [-0.39, 0.29) is 0 Å². The van der Waals surface area contributed by atoms with Gasteiger partial charge in [0.05, 0.1) is 12.2 Å². The Bertz CT molecular complexity index is 82.4. The van der Waals surface area contributed by atoms with Gasteiger partial charge in [0, 0.05) is 0 Å². The monoisotopic (exact) mass is 111 g/mol. The Balaban J connectivity index is 1.66. The lowest BCUT2D eigenvalue weighted by Crippen LogP contribution is -2.20. The van der Waals surface area contributed by atoms with Crippen LogP contribution in [0.2, 0.25) is 0 Å². The molecule has 0 bridgehead atoms. The van der Waals surface area contributed by atoms with Crippen LogP contribution in [0.1, 0.15) is 32.1 Å². The van der Waals surface area contributed by atoms with E-state index in [1.54, 1.807) is 0 Å². The molecule has 1 nitrogen and oxygen atoms in total. The van der Waals surface area contributed by atoms with Crippen molar-refractivity contribution in [2.45, 2.75) is 38.2 Å². The van der Waals surface area contributed by atoms with Gasteiger partial charge in [0.25, 0.3) is 0 Å². The Labute approximate surface area is 50.0 Å². The summed E-state index contributed by atoms with van der Waals surface area (Å²) in [6.07, 6.45) is 8.49. The van der Waals surface area contributed by atoms with E-state index in [4.69, 9.17) is 4.74 Å². The van der Waals surface area contributed by atoms with Crippen molar-refractivity contribution in [1.82, 2.24) is 0 Å². The van der Waals surface area contributed by atoms with E-state index in [2.05, 4.69) is 0 Å². The maximum Gasteiger partial charge on any atom is 0.0976 e. The molecule has 0 saturated heterocycles. The van der Waals surface area contributed by atoms with Crippen molar-refractivity contribution >= 4 is 0 Å². The summed E-state index contributed by atoms with van der Waals surface area (Å²) in [5, 5.41) is 0. The average Bonchev–Trinajstić information content (AvgIpc) is 2.36. The largest absolute Gasteiger partial charge is 0.369 e. The normalized spacial score (nSPS) is 30.0. The molecule has 0 amide bonds. The molecule has 2 saturated carbocycles. The van der Waals surface area contributed by atoms with E-state index in [0.29, 0.717) is 6.10 Å². The van der Waals surface area contributed by atoms with Gasteiger partial charge in [-0.15, -0.1) is 0 Å². The first-order chi connectivity index (χ1) is 3.95. The fraction of sp³-hybridized carbons (Fsp3) is 0.857. The highest BCUT2D eigenvalue weighted by atomic mass is 16.5. The molecule has 2 aliphatic rings. The van der Waals surface area contributed by atoms with Crippen LogP contribution < -0.4 is 0 Å². The highest BCUT2D eigenvalue weighted by Crippen LogP contribution is 2.38. The summed E-state index contributed by atoms with van der Waals surface area (Å²) in [5.74, 6) is 0. The zero-order valence-corrected chi connectivity index (χ0v) is 5.02. The van der Waals surface area contributed by atoms with Crippen LogP contribution in [0.5, 0.6) is 0 Å². The maximum atomic E-state index is 5.51. The summed E-state index contributed by atoms with van der Waals surface area (Å²) >= 11 is 0. The summed E-state index contributed by atoms with van der Waals surface area (Å²) in [6, 6.07) is 0. The second-order valence-electron chi connectivity index (χ2n) is 2.71. The van der Waals surface area contributed by atoms with E-state index < -0.39 is 0 Å². The summed E-state index contributed by atoms with van der Waals surface area (Å²) in [7, 11) is 0. The Morgan fingerprint density at radius 3 is 2.38 bits per heavy atom. The van der Waals surface area contributed by atoms with Crippen LogP contribution in [-0.4, -0.2) is 6.10 Å². The van der Waals surface area contributed by atoms with Crippen molar-refractivity contribution in [3.8, 4) is 0 Å². The van der Waals surface area contributed by atoms with E-state index in [9.17, 15) is 0 Å². The van der Waals surface area contributed by atoms with Gasteiger partial charge in [0.2, 0.25) is 0 Å². The zero-order chi connectivity index (χ0) is 5.40. The Morgan fingerprint density at radius 2 is 2.00 bits per heavy atom. The first kappa shape index (κ1) is 4.80. The second kappa shape index (κ2) is 1.73. The Kier molecular flexibility index (Phi) is 1.04. The minimum atomic E-state index is 0.632. The third-order valence-electron chi connectivity index (χ3n) is 1.84. The first-order valence-electron chi connectivity index (χ1n) is 3.46. The van der Waals surface area contributed by atoms with Crippen LogP contribution in [0.4, 0.5) is 0 Å². The van der Waals surface area contributed by atoms with Gasteiger partial charge in [-0.05, 0) is 32.1 Å². The Morgan fingerprint density at radius 1 is 1.25 bits per heavy atom. The lowest BCUT2D eigenvalue weighted by atomic mass is 9.96. The van der Waals surface area contributed by atoms with Crippen LogP contribution in [0.15, 0.2) is 0 Å². The molecule has 1 heteroatoms. The lowest BCUT2D eigenvalue weighted by Gasteiger charge is -2.24. The molecule has 2 aliphatic carbocycles. The van der Waals surface area contributed by atoms with Crippen LogP contribution >= 0.6 is 0 Å². The zero-order valence-electron chi connectivity index (χ0n) is 5.02. The molecule has 0 spiro atoms. The van der Waals surface area contributed by atoms with Crippen LogP contribution in [-0.2, 0) is 4.74 Å². The quantitative estimate of drug-likeness (QED) is 0.528. The predicted molar refractivity (Wildman–Crippen MR) is 31.2 cm³/mol. The summed E-state index contributed by atoms with van der Waals surface area (Å²) in [4.78, 5) is 0. The van der Waals surface area contributed by atoms with Crippen molar-refractivity contribution < 1.29 is 4.74 Å². The minimum Gasteiger partial charge on any atom is -0.369 e. The highest BCUT2D eigenvalue weighted by molar-refractivity contribution is 4.96. The van der Waals surface area contributed by atoms with Crippen molar-refractivity contribution in [3.63, 3.8) is 0 Å². The number of ether oxygens (including phenoxy) is 1. The van der Waals surface area contributed by atoms with Gasteiger partial charge >= 0.3 is 0 Å². The van der Waals surface area contributed by atoms with E-state index >= 15 is 0 Å². The SMILES string of the molecule is C1CC(O[C]2CC2)C1. The molecule has 0 aromatic heterocycles. The van der Waals surface area contributed by atoms with E-state index in [1.807, 2.05) is 0 Å². The number of hydrogen-bond donors (Lipinski definition) is 0. The van der Waals surface area contributed by atoms with E-state index in [1.165, 1.54) is 38.2 Å². The van der Waals surface area contributed by atoms with E-state index in [0.717, 1.165) is 0 Å². The predicted octanol–water partition coefficient (Wildman–Crippen LogP) is 1.88. The molecule has 0 heterocycles. The Hall–Kier alpha value is -0.0400. The molecule has 0 atom stereocenters. The van der Waals surface area contributed by atoms with Crippen LogP contribution in [0, 0.1) is 6.10 Å². The van der Waals surface area contributed by atoms with Gasteiger partial charge < -0.3 is 4.74 Å². The van der Waals surface area contributed by atoms with Crippen molar-refractivity contribution in [2.75, 3.05) is 0 Å². The van der Waals surface area contributed by atoms with Crippen molar-refractivity contribution in [1.29, 1.82) is 0 Å². The molecular weight excluding hydrogens is 100 g/mol. The summed E-state index contributed by atoms with van der Waals surface area (Å²) in [6.45, 7) is 0. The van der Waals surface area contributed by atoms with Gasteiger partial charge in [-0.3, -0.25) is 0 Å². The third-order valence-corrected chi connectivity index (χ3v) is 1.84. The molecule has 2 rings (SSSR count). The standard InChI is InChI=1S/C7H11O/c1-2-6(3-1)8-7-4-5-7/h6H,1-5H2. The molecule has 0 aliphatic heterocycles. The smallest absolute Gasteiger partial charge is 0.0976 e. The number of hydrogen-bond acceptors (Lipinski definition) is 1. The van der Waals surface area contributed by atoms with Crippen LogP contribution in [0.3, 0.4) is 0 Å². The molecule has 0 aromatic rings. The fourth-order valence-electron chi connectivity index (χ4n) is 0.893. The van der Waals surface area contributed by atoms with Gasteiger partial charge in [-0.25, -0.2) is 0 Å². The van der Waals surface area contributed by atoms with Gasteiger partial charge in [0.1, 0.15) is 0 Å². The molecule has 2 fully saturated rings. The molecule has 45 valence electrons. The second-order valence-corrected chi connectivity index (χ2v) is 2.71. The highest BCUT2D eigenvalue weighted by Gasteiger charge is 2.30. The van der Waals surface area contributed by atoms with Gasteiger partial charge in [0.15, 0.2) is 0 Å². The number of rotatable bonds is 2. The average molecular weight is 111 g/mol.